The van der Waals surface area contributed by atoms with Crippen LogP contribution < -0.4 is 10.6 Å². The van der Waals surface area contributed by atoms with Crippen molar-refractivity contribution in [1.29, 1.82) is 0 Å². The van der Waals surface area contributed by atoms with Crippen molar-refractivity contribution in [2.75, 3.05) is 39.5 Å². The second kappa shape index (κ2) is 6.21. The van der Waals surface area contributed by atoms with Crippen LogP contribution in [0.15, 0.2) is 24.3 Å². The Kier molecular flexibility index (Phi) is 4.61. The lowest BCUT2D eigenvalue weighted by atomic mass is 9.85. The van der Waals surface area contributed by atoms with Gasteiger partial charge in [0.05, 0.1) is 0 Å². The van der Waals surface area contributed by atoms with Crippen LogP contribution in [0, 0.1) is 5.92 Å². The van der Waals surface area contributed by atoms with Crippen LogP contribution in [-0.4, -0.2) is 39.1 Å². The van der Waals surface area contributed by atoms with Crippen LogP contribution in [0.3, 0.4) is 0 Å². The first-order chi connectivity index (χ1) is 8.74. The monoisotopic (exact) mass is 247 g/mol. The molecule has 18 heavy (non-hydrogen) atoms. The molecule has 1 fully saturated rings. The molecule has 1 heterocycles. The zero-order valence-corrected chi connectivity index (χ0v) is 11.7. The Balaban J connectivity index is 2.11. The second-order valence-electron chi connectivity index (χ2n) is 5.28. The number of hydrogen-bond acceptors (Lipinski definition) is 3. The van der Waals surface area contributed by atoms with Crippen molar-refractivity contribution in [3.63, 3.8) is 0 Å². The molecule has 2 rings (SSSR count). The fourth-order valence-electron chi connectivity index (χ4n) is 2.92. The van der Waals surface area contributed by atoms with Crippen molar-refractivity contribution < 1.29 is 0 Å². The normalized spacial score (nSPS) is 19.7. The molecular weight excluding hydrogens is 222 g/mol. The Morgan fingerprint density at radius 2 is 1.94 bits per heavy atom. The van der Waals surface area contributed by atoms with Crippen molar-refractivity contribution in [3.8, 4) is 0 Å². The molecule has 0 aromatic heterocycles. The van der Waals surface area contributed by atoms with E-state index in [0.29, 0.717) is 6.04 Å². The average Bonchev–Trinajstić information content (AvgIpc) is 2.42. The van der Waals surface area contributed by atoms with Crippen LogP contribution in [-0.2, 0) is 0 Å². The quantitative estimate of drug-likeness (QED) is 0.855. The minimum Gasteiger partial charge on any atom is -0.388 e. The first-order valence-electron chi connectivity index (χ1n) is 6.88. The molecule has 2 N–H and O–H groups in total. The molecule has 1 saturated heterocycles. The molecule has 1 aliphatic heterocycles. The summed E-state index contributed by atoms with van der Waals surface area (Å²) in [6.45, 7) is 2.43. The van der Waals surface area contributed by atoms with Crippen LogP contribution >= 0.6 is 0 Å². The summed E-state index contributed by atoms with van der Waals surface area (Å²) in [6.07, 6.45) is 2.57. The molecular formula is C15H25N3. The summed E-state index contributed by atoms with van der Waals surface area (Å²) in [5.74, 6) is 0.748. The van der Waals surface area contributed by atoms with Gasteiger partial charge < -0.3 is 15.5 Å². The molecule has 1 aromatic rings. The molecule has 1 unspecified atom stereocenters. The van der Waals surface area contributed by atoms with Crippen molar-refractivity contribution >= 4 is 5.69 Å². The molecule has 1 aromatic carbocycles. The van der Waals surface area contributed by atoms with Crippen molar-refractivity contribution in [2.24, 2.45) is 5.92 Å². The van der Waals surface area contributed by atoms with Crippen LogP contribution in [0.25, 0.3) is 0 Å². The largest absolute Gasteiger partial charge is 0.388 e. The molecule has 0 bridgehead atoms. The summed E-state index contributed by atoms with van der Waals surface area (Å²) < 4.78 is 0. The van der Waals surface area contributed by atoms with Crippen molar-refractivity contribution in [2.45, 2.75) is 18.9 Å². The summed E-state index contributed by atoms with van der Waals surface area (Å²) in [7, 11) is 6.27. The molecule has 1 atom stereocenters. The fourth-order valence-corrected chi connectivity index (χ4v) is 2.92. The van der Waals surface area contributed by atoms with Crippen LogP contribution in [0.4, 0.5) is 5.69 Å². The highest BCUT2D eigenvalue weighted by atomic mass is 15.1. The highest BCUT2D eigenvalue weighted by Crippen LogP contribution is 2.31. The minimum absolute atomic E-state index is 0.479. The summed E-state index contributed by atoms with van der Waals surface area (Å²) >= 11 is 0. The second-order valence-corrected chi connectivity index (χ2v) is 5.28. The molecule has 0 aliphatic carbocycles. The van der Waals surface area contributed by atoms with Crippen molar-refractivity contribution in [1.82, 2.24) is 10.2 Å². The summed E-state index contributed by atoms with van der Waals surface area (Å²) in [5, 5.41) is 6.73. The van der Waals surface area contributed by atoms with Gasteiger partial charge >= 0.3 is 0 Å². The van der Waals surface area contributed by atoms with Crippen molar-refractivity contribution in [3.05, 3.63) is 29.8 Å². The number of anilines is 1. The van der Waals surface area contributed by atoms with Gasteiger partial charge in [-0.15, -0.1) is 0 Å². The van der Waals surface area contributed by atoms with Gasteiger partial charge in [-0.2, -0.15) is 0 Å². The maximum Gasteiger partial charge on any atom is 0.0347 e. The van der Waals surface area contributed by atoms with Gasteiger partial charge in [-0.1, -0.05) is 12.1 Å². The minimum atomic E-state index is 0.479. The molecule has 100 valence electrons. The maximum atomic E-state index is 3.51. The lowest BCUT2D eigenvalue weighted by molar-refractivity contribution is 0.188. The van der Waals surface area contributed by atoms with E-state index in [9.17, 15) is 0 Å². The van der Waals surface area contributed by atoms with Crippen LogP contribution in [0.2, 0.25) is 0 Å². The number of rotatable bonds is 4. The SMILES string of the molecule is CNc1cccc(C(NC)C2CCN(C)CC2)c1. The maximum absolute atomic E-state index is 3.51. The zero-order chi connectivity index (χ0) is 13.0. The van der Waals surface area contributed by atoms with Gasteiger partial charge in [-0.3, -0.25) is 0 Å². The Bertz CT molecular complexity index is 370. The summed E-state index contributed by atoms with van der Waals surface area (Å²) in [5.41, 5.74) is 2.60. The van der Waals surface area contributed by atoms with Crippen LogP contribution in [0.1, 0.15) is 24.4 Å². The third kappa shape index (κ3) is 3.03. The lowest BCUT2D eigenvalue weighted by Gasteiger charge is -2.34. The van der Waals surface area contributed by atoms with Gasteiger partial charge in [0.2, 0.25) is 0 Å². The first kappa shape index (κ1) is 13.4. The van der Waals surface area contributed by atoms with E-state index in [1.807, 2.05) is 7.05 Å². The van der Waals surface area contributed by atoms with Gasteiger partial charge in [0, 0.05) is 18.8 Å². The van der Waals surface area contributed by atoms with E-state index in [2.05, 4.69) is 53.9 Å². The lowest BCUT2D eigenvalue weighted by Crippen LogP contribution is -2.36. The Morgan fingerprint density at radius 1 is 1.22 bits per heavy atom. The number of benzene rings is 1. The zero-order valence-electron chi connectivity index (χ0n) is 11.7. The van der Waals surface area contributed by atoms with Gasteiger partial charge in [-0.05, 0) is 63.6 Å². The Morgan fingerprint density at radius 3 is 2.56 bits per heavy atom. The third-order valence-electron chi connectivity index (χ3n) is 4.08. The molecule has 3 nitrogen and oxygen atoms in total. The average molecular weight is 247 g/mol. The van der Waals surface area contributed by atoms with E-state index in [1.54, 1.807) is 0 Å². The number of hydrogen-bond donors (Lipinski definition) is 2. The van der Waals surface area contributed by atoms with Gasteiger partial charge in [0.15, 0.2) is 0 Å². The molecule has 3 heteroatoms. The number of nitrogens with one attached hydrogen (secondary N) is 2. The van der Waals surface area contributed by atoms with E-state index in [-0.39, 0.29) is 0 Å². The predicted molar refractivity (Wildman–Crippen MR) is 78.0 cm³/mol. The molecule has 1 aliphatic rings. The standard InChI is InChI=1S/C15H25N3/c1-16-14-6-4-5-13(11-14)15(17-2)12-7-9-18(3)10-8-12/h4-6,11-12,15-17H,7-10H2,1-3H3. The van der Waals surface area contributed by atoms with E-state index < -0.39 is 0 Å². The summed E-state index contributed by atoms with van der Waals surface area (Å²) in [4.78, 5) is 2.42. The van der Waals surface area contributed by atoms with E-state index in [4.69, 9.17) is 0 Å². The topological polar surface area (TPSA) is 27.3 Å². The number of likely N-dealkylation sites (tertiary alicyclic amines) is 1. The van der Waals surface area contributed by atoms with Gasteiger partial charge in [0.25, 0.3) is 0 Å². The highest BCUT2D eigenvalue weighted by Gasteiger charge is 2.25. The summed E-state index contributed by atoms with van der Waals surface area (Å²) in [6, 6.07) is 9.23. The van der Waals surface area contributed by atoms with Gasteiger partial charge in [0.1, 0.15) is 0 Å². The van der Waals surface area contributed by atoms with E-state index in [0.717, 1.165) is 5.92 Å². The number of piperidine rings is 1. The molecule has 0 spiro atoms. The Hall–Kier alpha value is -1.06. The molecule has 0 radical (unpaired) electrons. The van der Waals surface area contributed by atoms with E-state index >= 15 is 0 Å². The highest BCUT2D eigenvalue weighted by molar-refractivity contribution is 5.46. The predicted octanol–water partition coefficient (Wildman–Crippen LogP) is 2.33. The number of nitrogens with zero attached hydrogens (tertiary/aromatic N) is 1. The third-order valence-corrected chi connectivity index (χ3v) is 4.08. The molecule has 0 saturated carbocycles. The Labute approximate surface area is 111 Å². The van der Waals surface area contributed by atoms with E-state index in [1.165, 1.54) is 37.2 Å². The smallest absolute Gasteiger partial charge is 0.0347 e. The molecule has 0 amide bonds. The fraction of sp³-hybridized carbons (Fsp3) is 0.600. The van der Waals surface area contributed by atoms with Crippen LogP contribution in [0.5, 0.6) is 0 Å². The van der Waals surface area contributed by atoms with Gasteiger partial charge in [-0.25, -0.2) is 0 Å². The first-order valence-corrected chi connectivity index (χ1v) is 6.88.